The van der Waals surface area contributed by atoms with Crippen molar-refractivity contribution in [2.45, 2.75) is 23.0 Å². The molecule has 2 aromatic rings. The van der Waals surface area contributed by atoms with Crippen LogP contribution in [0.3, 0.4) is 0 Å². The summed E-state index contributed by atoms with van der Waals surface area (Å²) in [6.45, 7) is 1.81. The SMILES string of the molecule is Cc1ccnc(Sc2nc(Cl)c(CO)s2)n1. The van der Waals surface area contributed by atoms with E-state index in [1.807, 2.05) is 13.0 Å². The molecule has 4 nitrogen and oxygen atoms in total. The van der Waals surface area contributed by atoms with E-state index < -0.39 is 0 Å². The summed E-state index contributed by atoms with van der Waals surface area (Å²) < 4.78 is 0.736. The second-order valence-corrected chi connectivity index (χ2v) is 5.59. The summed E-state index contributed by atoms with van der Waals surface area (Å²) in [4.78, 5) is 13.1. The molecular weight excluding hydrogens is 266 g/mol. The number of aryl methyl sites for hydroxylation is 1. The zero-order chi connectivity index (χ0) is 11.5. The predicted octanol–water partition coefficient (Wildman–Crippen LogP) is 2.54. The highest BCUT2D eigenvalue weighted by molar-refractivity contribution is 8.00. The van der Waals surface area contributed by atoms with Crippen LogP contribution in [0.2, 0.25) is 5.15 Å². The van der Waals surface area contributed by atoms with E-state index in [9.17, 15) is 0 Å². The summed E-state index contributed by atoms with van der Waals surface area (Å²) in [6, 6.07) is 1.83. The number of halogens is 1. The van der Waals surface area contributed by atoms with Gasteiger partial charge in [-0.25, -0.2) is 15.0 Å². The first-order chi connectivity index (χ1) is 7.69. The summed E-state index contributed by atoms with van der Waals surface area (Å²) in [7, 11) is 0. The van der Waals surface area contributed by atoms with Crippen LogP contribution in [0, 0.1) is 6.92 Å². The van der Waals surface area contributed by atoms with E-state index in [0.29, 0.717) is 15.2 Å². The molecule has 0 atom stereocenters. The van der Waals surface area contributed by atoms with E-state index in [0.717, 1.165) is 10.0 Å². The van der Waals surface area contributed by atoms with Gasteiger partial charge in [0, 0.05) is 11.9 Å². The molecular formula is C9H8ClN3OS2. The zero-order valence-electron chi connectivity index (χ0n) is 8.35. The van der Waals surface area contributed by atoms with Crippen molar-refractivity contribution >= 4 is 34.7 Å². The van der Waals surface area contributed by atoms with Gasteiger partial charge in [-0.3, -0.25) is 0 Å². The van der Waals surface area contributed by atoms with E-state index in [4.69, 9.17) is 16.7 Å². The van der Waals surface area contributed by atoms with Gasteiger partial charge in [0.05, 0.1) is 11.5 Å². The molecule has 2 aromatic heterocycles. The molecule has 2 rings (SSSR count). The van der Waals surface area contributed by atoms with Gasteiger partial charge in [-0.05, 0) is 24.8 Å². The molecule has 0 saturated heterocycles. The Hall–Kier alpha value is -0.690. The summed E-state index contributed by atoms with van der Waals surface area (Å²) in [5.41, 5.74) is 0.905. The maximum Gasteiger partial charge on any atom is 0.194 e. The van der Waals surface area contributed by atoms with Gasteiger partial charge in [0.2, 0.25) is 0 Å². The van der Waals surface area contributed by atoms with Gasteiger partial charge < -0.3 is 5.11 Å². The maximum atomic E-state index is 8.99. The van der Waals surface area contributed by atoms with Crippen LogP contribution in [0.5, 0.6) is 0 Å². The summed E-state index contributed by atoms with van der Waals surface area (Å²) >= 11 is 8.52. The zero-order valence-corrected chi connectivity index (χ0v) is 10.7. The van der Waals surface area contributed by atoms with Crippen LogP contribution in [-0.2, 0) is 6.61 Å². The van der Waals surface area contributed by atoms with Crippen LogP contribution in [0.25, 0.3) is 0 Å². The third-order valence-electron chi connectivity index (χ3n) is 1.72. The minimum Gasteiger partial charge on any atom is -0.391 e. The van der Waals surface area contributed by atoms with Gasteiger partial charge in [0.25, 0.3) is 0 Å². The number of nitrogens with zero attached hydrogens (tertiary/aromatic N) is 3. The molecule has 0 aliphatic rings. The molecule has 7 heteroatoms. The molecule has 0 unspecified atom stereocenters. The number of aromatic nitrogens is 3. The maximum absolute atomic E-state index is 8.99. The molecule has 0 spiro atoms. The Labute approximate surface area is 106 Å². The van der Waals surface area contributed by atoms with Gasteiger partial charge >= 0.3 is 0 Å². The normalized spacial score (nSPS) is 10.7. The summed E-state index contributed by atoms with van der Waals surface area (Å²) in [6.07, 6.45) is 1.70. The van der Waals surface area contributed by atoms with Crippen molar-refractivity contribution in [3.63, 3.8) is 0 Å². The number of rotatable bonds is 3. The van der Waals surface area contributed by atoms with Crippen molar-refractivity contribution in [2.75, 3.05) is 0 Å². The number of aliphatic hydroxyl groups is 1. The lowest BCUT2D eigenvalue weighted by atomic mass is 10.5. The lowest BCUT2D eigenvalue weighted by molar-refractivity contribution is 0.285. The lowest BCUT2D eigenvalue weighted by Crippen LogP contribution is -1.87. The van der Waals surface area contributed by atoms with Crippen LogP contribution < -0.4 is 0 Å². The molecule has 0 aliphatic carbocycles. The van der Waals surface area contributed by atoms with Crippen molar-refractivity contribution in [3.8, 4) is 0 Å². The van der Waals surface area contributed by atoms with E-state index in [-0.39, 0.29) is 6.61 Å². The standard InChI is InChI=1S/C9H8ClN3OS2/c1-5-2-3-11-8(12-5)16-9-13-7(10)6(4-14)15-9/h2-3,14H,4H2,1H3. The fourth-order valence-electron chi connectivity index (χ4n) is 1.01. The van der Waals surface area contributed by atoms with Crippen LogP contribution >= 0.6 is 34.7 Å². The average Bonchev–Trinajstić information content (AvgIpc) is 2.58. The minimum atomic E-state index is -0.0915. The fraction of sp³-hybridized carbons (Fsp3) is 0.222. The van der Waals surface area contributed by atoms with Gasteiger partial charge in [-0.2, -0.15) is 0 Å². The van der Waals surface area contributed by atoms with E-state index in [1.54, 1.807) is 6.20 Å². The average molecular weight is 274 g/mol. The number of aliphatic hydroxyl groups excluding tert-OH is 1. The Bertz CT molecular complexity index is 503. The van der Waals surface area contributed by atoms with Crippen LogP contribution in [0.4, 0.5) is 0 Å². The first kappa shape index (κ1) is 11.8. The fourth-order valence-corrected chi connectivity index (χ4v) is 3.20. The van der Waals surface area contributed by atoms with Crippen molar-refractivity contribution in [1.82, 2.24) is 15.0 Å². The minimum absolute atomic E-state index is 0.0915. The molecule has 0 aromatic carbocycles. The second kappa shape index (κ2) is 5.09. The topological polar surface area (TPSA) is 58.9 Å². The lowest BCUT2D eigenvalue weighted by Gasteiger charge is -1.96. The van der Waals surface area contributed by atoms with Crippen molar-refractivity contribution in [3.05, 3.63) is 28.0 Å². The molecule has 0 amide bonds. The summed E-state index contributed by atoms with van der Waals surface area (Å²) in [5, 5.41) is 9.97. The highest BCUT2D eigenvalue weighted by Crippen LogP contribution is 2.33. The van der Waals surface area contributed by atoms with Gasteiger partial charge in [0.1, 0.15) is 5.15 Å². The molecule has 84 valence electrons. The second-order valence-electron chi connectivity index (χ2n) is 2.93. The first-order valence-corrected chi connectivity index (χ1v) is 6.43. The van der Waals surface area contributed by atoms with Crippen LogP contribution in [-0.4, -0.2) is 20.1 Å². The predicted molar refractivity (Wildman–Crippen MR) is 63.9 cm³/mol. The van der Waals surface area contributed by atoms with Gasteiger partial charge in [-0.1, -0.05) is 11.6 Å². The molecule has 2 heterocycles. The van der Waals surface area contributed by atoms with E-state index in [2.05, 4.69) is 15.0 Å². The molecule has 0 bridgehead atoms. The van der Waals surface area contributed by atoms with E-state index >= 15 is 0 Å². The highest BCUT2D eigenvalue weighted by atomic mass is 35.5. The Morgan fingerprint density at radius 3 is 2.94 bits per heavy atom. The van der Waals surface area contributed by atoms with E-state index in [1.165, 1.54) is 23.1 Å². The van der Waals surface area contributed by atoms with Gasteiger partial charge in [0.15, 0.2) is 9.50 Å². The Morgan fingerprint density at radius 2 is 2.31 bits per heavy atom. The molecule has 16 heavy (non-hydrogen) atoms. The smallest absolute Gasteiger partial charge is 0.194 e. The molecule has 0 fully saturated rings. The van der Waals surface area contributed by atoms with Crippen LogP contribution in [0.1, 0.15) is 10.6 Å². The Balaban J connectivity index is 2.20. The van der Waals surface area contributed by atoms with Crippen LogP contribution in [0.15, 0.2) is 21.8 Å². The molecule has 1 N–H and O–H groups in total. The Morgan fingerprint density at radius 1 is 1.50 bits per heavy atom. The molecule has 0 saturated carbocycles. The summed E-state index contributed by atoms with van der Waals surface area (Å²) in [5.74, 6) is 0. The quantitative estimate of drug-likeness (QED) is 0.871. The molecule has 0 radical (unpaired) electrons. The number of thiazole rings is 1. The molecule has 0 aliphatic heterocycles. The third-order valence-corrected chi connectivity index (χ3v) is 4.13. The van der Waals surface area contributed by atoms with Crippen molar-refractivity contribution < 1.29 is 5.11 Å². The van der Waals surface area contributed by atoms with Crippen molar-refractivity contribution in [2.24, 2.45) is 0 Å². The highest BCUT2D eigenvalue weighted by Gasteiger charge is 2.10. The van der Waals surface area contributed by atoms with Crippen molar-refractivity contribution in [1.29, 1.82) is 0 Å². The first-order valence-electron chi connectivity index (χ1n) is 4.42. The largest absolute Gasteiger partial charge is 0.391 e. The number of hydrogen-bond acceptors (Lipinski definition) is 6. The van der Waals surface area contributed by atoms with Gasteiger partial charge in [-0.15, -0.1) is 11.3 Å². The monoisotopic (exact) mass is 273 g/mol. The third kappa shape index (κ3) is 2.70. The Kier molecular flexibility index (Phi) is 3.75. The number of hydrogen-bond donors (Lipinski definition) is 1.